The molecule has 1 amide bonds. The van der Waals surface area contributed by atoms with Crippen LogP contribution in [0.1, 0.15) is 48.9 Å². The molecule has 1 atom stereocenters. The average molecular weight is 276 g/mol. The van der Waals surface area contributed by atoms with Gasteiger partial charge in [-0.25, -0.2) is 0 Å². The fraction of sp³-hybridized carbons (Fsp3) is 0.562. The molecule has 1 unspecified atom stereocenters. The smallest absolute Gasteiger partial charge is 0.223 e. The highest BCUT2D eigenvalue weighted by Crippen LogP contribution is 2.26. The van der Waals surface area contributed by atoms with Gasteiger partial charge in [0.25, 0.3) is 0 Å². The maximum atomic E-state index is 12.1. The molecule has 0 fully saturated rings. The van der Waals surface area contributed by atoms with Crippen LogP contribution in [-0.4, -0.2) is 24.5 Å². The number of benzene rings is 1. The van der Waals surface area contributed by atoms with E-state index in [0.29, 0.717) is 19.6 Å². The number of carbonyl (C=O) groups excluding carboxylic acids is 1. The van der Waals surface area contributed by atoms with E-state index in [1.807, 2.05) is 11.0 Å². The number of nitrogens with two attached hydrogens (primary N) is 1. The van der Waals surface area contributed by atoms with Gasteiger partial charge in [0, 0.05) is 26.6 Å². The van der Waals surface area contributed by atoms with Crippen molar-refractivity contribution in [1.29, 1.82) is 0 Å². The molecule has 4 nitrogen and oxygen atoms in total. The van der Waals surface area contributed by atoms with E-state index in [2.05, 4.69) is 19.1 Å². The Morgan fingerprint density at radius 2 is 2.15 bits per heavy atom. The molecule has 0 spiro atoms. The van der Waals surface area contributed by atoms with Gasteiger partial charge >= 0.3 is 0 Å². The van der Waals surface area contributed by atoms with Crippen LogP contribution in [0.4, 0.5) is 0 Å². The van der Waals surface area contributed by atoms with E-state index < -0.39 is 0 Å². The highest BCUT2D eigenvalue weighted by atomic mass is 16.5. The summed E-state index contributed by atoms with van der Waals surface area (Å²) in [6.07, 6.45) is 2.68. The Bertz CT molecular complexity index is 474. The second-order valence-electron chi connectivity index (χ2n) is 5.44. The minimum absolute atomic E-state index is 0.102. The van der Waals surface area contributed by atoms with E-state index in [0.717, 1.165) is 24.9 Å². The zero-order chi connectivity index (χ0) is 14.5. The molecule has 2 rings (SSSR count). The first-order valence-corrected chi connectivity index (χ1v) is 7.29. The second kappa shape index (κ2) is 6.86. The summed E-state index contributed by atoms with van der Waals surface area (Å²) in [6.45, 7) is 4.07. The number of hydrogen-bond donors (Lipinski definition) is 1. The number of amides is 1. The fourth-order valence-corrected chi connectivity index (χ4v) is 2.58. The van der Waals surface area contributed by atoms with E-state index in [-0.39, 0.29) is 11.9 Å². The van der Waals surface area contributed by atoms with Gasteiger partial charge in [-0.1, -0.05) is 31.5 Å². The third kappa shape index (κ3) is 3.38. The number of nitrogens with zero attached hydrogens (tertiary/aromatic N) is 1. The molecular weight excluding hydrogens is 252 g/mol. The van der Waals surface area contributed by atoms with Crippen molar-refractivity contribution in [2.75, 3.05) is 13.7 Å². The number of hydrogen-bond acceptors (Lipinski definition) is 3. The molecule has 1 aliphatic heterocycles. The Kier molecular flexibility index (Phi) is 5.15. The second-order valence-corrected chi connectivity index (χ2v) is 5.44. The summed E-state index contributed by atoms with van der Waals surface area (Å²) in [5, 5.41) is 0. The summed E-state index contributed by atoms with van der Waals surface area (Å²) in [4.78, 5) is 14.0. The molecule has 1 aromatic rings. The third-order valence-corrected chi connectivity index (χ3v) is 3.82. The summed E-state index contributed by atoms with van der Waals surface area (Å²) in [7, 11) is 1.65. The SMILES string of the molecule is CCCCC(=O)N1Cc2ccc(C(N)COC)cc2C1. The molecule has 20 heavy (non-hydrogen) atoms. The van der Waals surface area contributed by atoms with Crippen LogP contribution in [0.5, 0.6) is 0 Å². The predicted octanol–water partition coefficient (Wildman–Crippen LogP) is 2.37. The monoisotopic (exact) mass is 276 g/mol. The van der Waals surface area contributed by atoms with E-state index >= 15 is 0 Å². The van der Waals surface area contributed by atoms with Crippen LogP contribution >= 0.6 is 0 Å². The van der Waals surface area contributed by atoms with Gasteiger partial charge in [0.1, 0.15) is 0 Å². The number of rotatable bonds is 6. The predicted molar refractivity (Wildman–Crippen MR) is 79.0 cm³/mol. The molecule has 0 radical (unpaired) electrons. The molecule has 4 heteroatoms. The minimum atomic E-state index is -0.102. The van der Waals surface area contributed by atoms with Gasteiger partial charge in [0.15, 0.2) is 0 Å². The molecular formula is C16H24N2O2. The number of unbranched alkanes of at least 4 members (excludes halogenated alkanes) is 1. The summed E-state index contributed by atoms with van der Waals surface area (Å²) >= 11 is 0. The van der Waals surface area contributed by atoms with E-state index in [1.165, 1.54) is 11.1 Å². The molecule has 1 aromatic carbocycles. The zero-order valence-corrected chi connectivity index (χ0v) is 12.4. The van der Waals surface area contributed by atoms with Gasteiger partial charge in [0.05, 0.1) is 12.6 Å². The van der Waals surface area contributed by atoms with Crippen molar-refractivity contribution in [3.63, 3.8) is 0 Å². The third-order valence-electron chi connectivity index (χ3n) is 3.82. The van der Waals surface area contributed by atoms with Crippen molar-refractivity contribution >= 4 is 5.91 Å². The first kappa shape index (κ1) is 15.0. The van der Waals surface area contributed by atoms with Crippen LogP contribution in [0.3, 0.4) is 0 Å². The number of methoxy groups -OCH3 is 1. The molecule has 2 N–H and O–H groups in total. The average Bonchev–Trinajstić information content (AvgIpc) is 2.87. The quantitative estimate of drug-likeness (QED) is 0.868. The van der Waals surface area contributed by atoms with Crippen LogP contribution in [0.15, 0.2) is 18.2 Å². The molecule has 110 valence electrons. The fourth-order valence-electron chi connectivity index (χ4n) is 2.58. The number of carbonyl (C=O) groups is 1. The highest BCUT2D eigenvalue weighted by Gasteiger charge is 2.23. The lowest BCUT2D eigenvalue weighted by Gasteiger charge is -2.14. The van der Waals surface area contributed by atoms with Crippen molar-refractivity contribution in [2.24, 2.45) is 5.73 Å². The molecule has 0 saturated carbocycles. The van der Waals surface area contributed by atoms with E-state index in [1.54, 1.807) is 7.11 Å². The Morgan fingerprint density at radius 3 is 2.85 bits per heavy atom. The normalized spacial score (nSPS) is 15.2. The van der Waals surface area contributed by atoms with Gasteiger partial charge in [-0.05, 0) is 23.1 Å². The molecule has 0 aromatic heterocycles. The first-order valence-electron chi connectivity index (χ1n) is 7.29. The largest absolute Gasteiger partial charge is 0.383 e. The number of ether oxygens (including phenoxy) is 1. The lowest BCUT2D eigenvalue weighted by molar-refractivity contribution is -0.131. The Morgan fingerprint density at radius 1 is 1.40 bits per heavy atom. The molecule has 1 heterocycles. The molecule has 1 aliphatic rings. The van der Waals surface area contributed by atoms with Crippen molar-refractivity contribution in [2.45, 2.75) is 45.3 Å². The molecule has 0 bridgehead atoms. The van der Waals surface area contributed by atoms with Gasteiger partial charge in [-0.3, -0.25) is 4.79 Å². The molecule has 0 aliphatic carbocycles. The minimum Gasteiger partial charge on any atom is -0.383 e. The maximum absolute atomic E-state index is 12.1. The first-order chi connectivity index (χ1) is 9.65. The van der Waals surface area contributed by atoms with Gasteiger partial charge in [-0.15, -0.1) is 0 Å². The van der Waals surface area contributed by atoms with Crippen LogP contribution in [0.25, 0.3) is 0 Å². The number of fused-ring (bicyclic) bond motifs is 1. The van der Waals surface area contributed by atoms with Crippen molar-refractivity contribution < 1.29 is 9.53 Å². The highest BCUT2D eigenvalue weighted by molar-refractivity contribution is 5.77. The van der Waals surface area contributed by atoms with Crippen molar-refractivity contribution in [1.82, 2.24) is 4.90 Å². The van der Waals surface area contributed by atoms with Crippen molar-refractivity contribution in [3.8, 4) is 0 Å². The summed E-state index contributed by atoms with van der Waals surface area (Å²) in [5.41, 5.74) is 9.59. The summed E-state index contributed by atoms with van der Waals surface area (Å²) in [6, 6.07) is 6.15. The van der Waals surface area contributed by atoms with Gasteiger partial charge in [-0.2, -0.15) is 0 Å². The van der Waals surface area contributed by atoms with E-state index in [4.69, 9.17) is 10.5 Å². The van der Waals surface area contributed by atoms with Crippen LogP contribution in [0, 0.1) is 0 Å². The summed E-state index contributed by atoms with van der Waals surface area (Å²) < 4.78 is 5.09. The van der Waals surface area contributed by atoms with Crippen molar-refractivity contribution in [3.05, 3.63) is 34.9 Å². The Labute approximate surface area is 120 Å². The zero-order valence-electron chi connectivity index (χ0n) is 12.4. The lowest BCUT2D eigenvalue weighted by Crippen LogP contribution is -2.24. The maximum Gasteiger partial charge on any atom is 0.223 e. The van der Waals surface area contributed by atoms with E-state index in [9.17, 15) is 4.79 Å². The Balaban J connectivity index is 2.03. The van der Waals surface area contributed by atoms with Gasteiger partial charge in [0.2, 0.25) is 5.91 Å². The topological polar surface area (TPSA) is 55.6 Å². The van der Waals surface area contributed by atoms with Crippen LogP contribution in [-0.2, 0) is 22.6 Å². The van der Waals surface area contributed by atoms with Gasteiger partial charge < -0.3 is 15.4 Å². The summed E-state index contributed by atoms with van der Waals surface area (Å²) in [5.74, 6) is 0.255. The Hall–Kier alpha value is -1.39. The molecule has 0 saturated heterocycles. The van der Waals surface area contributed by atoms with Crippen LogP contribution in [0.2, 0.25) is 0 Å². The lowest BCUT2D eigenvalue weighted by atomic mass is 10.0. The standard InChI is InChI=1S/C16H24N2O2/c1-3-4-5-16(19)18-9-13-7-6-12(8-14(13)10-18)15(17)11-20-2/h6-8,15H,3-5,9-11,17H2,1-2H3. The van der Waals surface area contributed by atoms with Crippen LogP contribution < -0.4 is 5.73 Å².